The highest BCUT2D eigenvalue weighted by atomic mass is 19.2. The molecule has 3 aromatic rings. The van der Waals surface area contributed by atoms with Crippen LogP contribution in [0.1, 0.15) is 20.8 Å². The van der Waals surface area contributed by atoms with Crippen LogP contribution in [0.3, 0.4) is 0 Å². The van der Waals surface area contributed by atoms with E-state index in [1.165, 1.54) is 29.3 Å². The zero-order valence-electron chi connectivity index (χ0n) is 14.3. The first-order valence-corrected chi connectivity index (χ1v) is 8.01. The van der Waals surface area contributed by atoms with Crippen molar-refractivity contribution in [2.45, 2.75) is 0 Å². The zero-order chi connectivity index (χ0) is 19.4. The summed E-state index contributed by atoms with van der Waals surface area (Å²) in [5.41, 5.74) is 1.03. The fourth-order valence-electron chi connectivity index (χ4n) is 2.42. The van der Waals surface area contributed by atoms with E-state index in [4.69, 9.17) is 0 Å². The first-order chi connectivity index (χ1) is 13.0. The Bertz CT molecular complexity index is 994. The standard InChI is InChI=1S/C20H15F2N3O2/c1-25(15-5-3-2-4-6-15)20(27)13-9-10-23-18(11-13)19(26)24-14-7-8-16(21)17(22)12-14/h2-12H,1H3,(H,24,26). The summed E-state index contributed by atoms with van der Waals surface area (Å²) in [5, 5.41) is 2.42. The smallest absolute Gasteiger partial charge is 0.274 e. The van der Waals surface area contributed by atoms with Crippen LogP contribution in [-0.4, -0.2) is 23.8 Å². The van der Waals surface area contributed by atoms with E-state index < -0.39 is 17.5 Å². The van der Waals surface area contributed by atoms with E-state index in [-0.39, 0.29) is 22.9 Å². The van der Waals surface area contributed by atoms with E-state index in [0.29, 0.717) is 5.69 Å². The minimum atomic E-state index is -1.07. The number of benzene rings is 2. The summed E-state index contributed by atoms with van der Waals surface area (Å²) in [5.74, 6) is -3.04. The summed E-state index contributed by atoms with van der Waals surface area (Å²) in [4.78, 5) is 30.3. The fraction of sp³-hybridized carbons (Fsp3) is 0.0500. The van der Waals surface area contributed by atoms with Crippen molar-refractivity contribution < 1.29 is 18.4 Å². The minimum absolute atomic E-state index is 0.0213. The number of hydrogen-bond acceptors (Lipinski definition) is 3. The largest absolute Gasteiger partial charge is 0.321 e. The number of para-hydroxylation sites is 1. The molecule has 5 nitrogen and oxygen atoms in total. The summed E-state index contributed by atoms with van der Waals surface area (Å²) < 4.78 is 26.2. The lowest BCUT2D eigenvalue weighted by Gasteiger charge is -2.17. The highest BCUT2D eigenvalue weighted by Gasteiger charge is 2.16. The molecule has 3 rings (SSSR count). The molecule has 0 fully saturated rings. The Morgan fingerprint density at radius 3 is 2.41 bits per heavy atom. The second kappa shape index (κ2) is 7.74. The van der Waals surface area contributed by atoms with Gasteiger partial charge in [0, 0.05) is 36.2 Å². The Morgan fingerprint density at radius 1 is 0.963 bits per heavy atom. The average Bonchev–Trinajstić information content (AvgIpc) is 2.70. The first-order valence-electron chi connectivity index (χ1n) is 8.01. The molecule has 1 aromatic heterocycles. The van der Waals surface area contributed by atoms with Crippen LogP contribution in [0.4, 0.5) is 20.2 Å². The summed E-state index contributed by atoms with van der Waals surface area (Å²) in [6, 6.07) is 14.9. The van der Waals surface area contributed by atoms with Gasteiger partial charge in [0.05, 0.1) is 0 Å². The van der Waals surface area contributed by atoms with Gasteiger partial charge in [0.25, 0.3) is 11.8 Å². The average molecular weight is 367 g/mol. The molecular formula is C20H15F2N3O2. The molecule has 0 unspecified atom stereocenters. The van der Waals surface area contributed by atoms with Gasteiger partial charge in [-0.1, -0.05) is 18.2 Å². The summed E-state index contributed by atoms with van der Waals surface area (Å²) in [7, 11) is 1.62. The maximum Gasteiger partial charge on any atom is 0.274 e. The highest BCUT2D eigenvalue weighted by molar-refractivity contribution is 6.08. The Balaban J connectivity index is 1.79. The van der Waals surface area contributed by atoms with Gasteiger partial charge in [-0.3, -0.25) is 14.6 Å². The van der Waals surface area contributed by atoms with Crippen LogP contribution in [0.15, 0.2) is 66.9 Å². The van der Waals surface area contributed by atoms with E-state index in [2.05, 4.69) is 10.3 Å². The molecule has 0 atom stereocenters. The number of carbonyl (C=O) groups is 2. The number of rotatable bonds is 4. The lowest BCUT2D eigenvalue weighted by atomic mass is 10.2. The van der Waals surface area contributed by atoms with Crippen molar-refractivity contribution in [1.29, 1.82) is 0 Å². The Morgan fingerprint density at radius 2 is 1.70 bits per heavy atom. The van der Waals surface area contributed by atoms with Crippen molar-refractivity contribution >= 4 is 23.2 Å². The van der Waals surface area contributed by atoms with Crippen LogP contribution >= 0.6 is 0 Å². The van der Waals surface area contributed by atoms with Crippen LogP contribution < -0.4 is 10.2 Å². The lowest BCUT2D eigenvalue weighted by molar-refractivity contribution is 0.0993. The normalized spacial score (nSPS) is 10.3. The molecule has 2 aromatic carbocycles. The Labute approximate surface area is 154 Å². The molecule has 0 bridgehead atoms. The number of amides is 2. The van der Waals surface area contributed by atoms with Crippen LogP contribution in [0.25, 0.3) is 0 Å². The fourth-order valence-corrected chi connectivity index (χ4v) is 2.42. The molecule has 0 spiro atoms. The van der Waals surface area contributed by atoms with Crippen molar-refractivity contribution in [1.82, 2.24) is 4.98 Å². The third kappa shape index (κ3) is 4.14. The minimum Gasteiger partial charge on any atom is -0.321 e. The Hall–Kier alpha value is -3.61. The Kier molecular flexibility index (Phi) is 5.21. The molecule has 0 saturated carbocycles. The molecule has 7 heteroatoms. The second-order valence-corrected chi connectivity index (χ2v) is 5.71. The van der Waals surface area contributed by atoms with Gasteiger partial charge >= 0.3 is 0 Å². The van der Waals surface area contributed by atoms with Crippen molar-refractivity contribution in [2.24, 2.45) is 0 Å². The molecule has 0 aliphatic carbocycles. The van der Waals surface area contributed by atoms with E-state index in [9.17, 15) is 18.4 Å². The predicted octanol–water partition coefficient (Wildman–Crippen LogP) is 3.89. The van der Waals surface area contributed by atoms with Gasteiger partial charge in [-0.05, 0) is 36.4 Å². The number of pyridine rings is 1. The summed E-state index contributed by atoms with van der Waals surface area (Å²) in [6.07, 6.45) is 1.34. The number of nitrogens with zero attached hydrogens (tertiary/aromatic N) is 2. The topological polar surface area (TPSA) is 62.3 Å². The van der Waals surface area contributed by atoms with Gasteiger partial charge in [-0.2, -0.15) is 0 Å². The lowest BCUT2D eigenvalue weighted by Crippen LogP contribution is -2.26. The van der Waals surface area contributed by atoms with Crippen molar-refractivity contribution in [3.63, 3.8) is 0 Å². The maximum absolute atomic E-state index is 13.3. The third-order valence-electron chi connectivity index (χ3n) is 3.87. The van der Waals surface area contributed by atoms with E-state index >= 15 is 0 Å². The molecule has 0 radical (unpaired) electrons. The van der Waals surface area contributed by atoms with E-state index in [1.807, 2.05) is 18.2 Å². The number of halogens is 2. The second-order valence-electron chi connectivity index (χ2n) is 5.71. The van der Waals surface area contributed by atoms with Gasteiger partial charge in [0.1, 0.15) is 5.69 Å². The maximum atomic E-state index is 13.3. The first kappa shape index (κ1) is 18.2. The van der Waals surface area contributed by atoms with Gasteiger partial charge in [0.2, 0.25) is 0 Å². The van der Waals surface area contributed by atoms with Crippen molar-refractivity contribution in [2.75, 3.05) is 17.3 Å². The van der Waals surface area contributed by atoms with Gasteiger partial charge in [-0.15, -0.1) is 0 Å². The van der Waals surface area contributed by atoms with Crippen molar-refractivity contribution in [3.8, 4) is 0 Å². The predicted molar refractivity (Wildman–Crippen MR) is 97.7 cm³/mol. The van der Waals surface area contributed by atoms with Gasteiger partial charge in [0.15, 0.2) is 11.6 Å². The zero-order valence-corrected chi connectivity index (χ0v) is 14.3. The molecular weight excluding hydrogens is 352 g/mol. The quantitative estimate of drug-likeness (QED) is 0.761. The molecule has 1 heterocycles. The number of anilines is 2. The van der Waals surface area contributed by atoms with Crippen LogP contribution in [0.2, 0.25) is 0 Å². The highest BCUT2D eigenvalue weighted by Crippen LogP contribution is 2.17. The van der Waals surface area contributed by atoms with Crippen LogP contribution in [0.5, 0.6) is 0 Å². The SMILES string of the molecule is CN(C(=O)c1ccnc(C(=O)Nc2ccc(F)c(F)c2)c1)c1ccccc1. The van der Waals surface area contributed by atoms with Gasteiger partial charge in [-0.25, -0.2) is 8.78 Å². The number of carbonyl (C=O) groups excluding carboxylic acids is 2. The molecule has 2 amide bonds. The molecule has 0 saturated heterocycles. The number of hydrogen-bond donors (Lipinski definition) is 1. The molecule has 27 heavy (non-hydrogen) atoms. The van der Waals surface area contributed by atoms with Crippen LogP contribution in [-0.2, 0) is 0 Å². The van der Waals surface area contributed by atoms with Crippen molar-refractivity contribution in [3.05, 3.63) is 89.8 Å². The number of nitrogens with one attached hydrogen (secondary N) is 1. The van der Waals surface area contributed by atoms with Gasteiger partial charge < -0.3 is 10.2 Å². The molecule has 136 valence electrons. The summed E-state index contributed by atoms with van der Waals surface area (Å²) >= 11 is 0. The molecule has 1 N–H and O–H groups in total. The van der Waals surface area contributed by atoms with Crippen LogP contribution in [0, 0.1) is 11.6 Å². The van der Waals surface area contributed by atoms with E-state index in [0.717, 1.165) is 12.1 Å². The monoisotopic (exact) mass is 367 g/mol. The molecule has 0 aliphatic rings. The molecule has 0 aliphatic heterocycles. The number of aromatic nitrogens is 1. The van der Waals surface area contributed by atoms with E-state index in [1.54, 1.807) is 19.2 Å². The third-order valence-corrected chi connectivity index (χ3v) is 3.87. The summed E-state index contributed by atoms with van der Waals surface area (Å²) in [6.45, 7) is 0.